The topological polar surface area (TPSA) is 76.5 Å². The number of carbonyl (C=O) groups excluding carboxylic acids is 1. The van der Waals surface area contributed by atoms with E-state index >= 15 is 0 Å². The second kappa shape index (κ2) is 7.83. The van der Waals surface area contributed by atoms with Gasteiger partial charge in [0.1, 0.15) is 12.3 Å². The minimum Gasteiger partial charge on any atom is -0.495 e. The zero-order valence-corrected chi connectivity index (χ0v) is 14.2. The van der Waals surface area contributed by atoms with Crippen LogP contribution < -0.4 is 20.6 Å². The van der Waals surface area contributed by atoms with Gasteiger partial charge >= 0.3 is 5.69 Å². The molecule has 1 aromatic heterocycles. The number of nitrogens with one attached hydrogen (secondary N) is 1. The molecule has 0 spiro atoms. The second-order valence-corrected chi connectivity index (χ2v) is 6.11. The van der Waals surface area contributed by atoms with Crippen LogP contribution >= 0.6 is 0 Å². The van der Waals surface area contributed by atoms with Gasteiger partial charge in [-0.15, -0.1) is 0 Å². The number of para-hydroxylation sites is 2. The number of hydrogen-bond donors (Lipinski definition) is 1. The molecule has 1 saturated heterocycles. The average molecular weight is 342 g/mol. The number of carbonyl (C=O) groups is 1. The van der Waals surface area contributed by atoms with Gasteiger partial charge in [-0.3, -0.25) is 9.36 Å². The van der Waals surface area contributed by atoms with Crippen LogP contribution in [0.25, 0.3) is 0 Å². The fourth-order valence-corrected chi connectivity index (χ4v) is 3.09. The molecule has 1 atom stereocenters. The molecule has 1 aliphatic heterocycles. The molecule has 2 heterocycles. The first kappa shape index (κ1) is 17.0. The van der Waals surface area contributed by atoms with Crippen molar-refractivity contribution in [3.05, 3.63) is 53.2 Å². The molecule has 1 unspecified atom stereocenters. The summed E-state index contributed by atoms with van der Waals surface area (Å²) >= 11 is 0. The van der Waals surface area contributed by atoms with Crippen LogP contribution in [0.4, 0.5) is 5.69 Å². The van der Waals surface area contributed by atoms with Gasteiger partial charge in [-0.2, -0.15) is 0 Å². The summed E-state index contributed by atoms with van der Waals surface area (Å²) in [5.41, 5.74) is 0.668. The minimum absolute atomic E-state index is 0.00435. The van der Waals surface area contributed by atoms with Crippen molar-refractivity contribution in [3.8, 4) is 5.75 Å². The molecule has 1 aromatic carbocycles. The fraction of sp³-hybridized carbons (Fsp3) is 0.389. The number of anilines is 1. The molecule has 2 aromatic rings. The Bertz CT molecular complexity index is 790. The highest BCUT2D eigenvalue weighted by molar-refractivity contribution is 5.75. The van der Waals surface area contributed by atoms with Gasteiger partial charge in [-0.05, 0) is 30.5 Å². The number of methoxy groups -OCH3 is 1. The quantitative estimate of drug-likeness (QED) is 0.844. The molecule has 0 aliphatic carbocycles. The summed E-state index contributed by atoms with van der Waals surface area (Å²) in [6, 6.07) is 9.59. The van der Waals surface area contributed by atoms with Crippen LogP contribution in [0.1, 0.15) is 6.42 Å². The molecular weight excluding hydrogens is 320 g/mol. The second-order valence-electron chi connectivity index (χ2n) is 6.11. The fourth-order valence-electron chi connectivity index (χ4n) is 3.09. The van der Waals surface area contributed by atoms with Gasteiger partial charge in [0.15, 0.2) is 0 Å². The molecule has 132 valence electrons. The normalized spacial score (nSPS) is 16.7. The van der Waals surface area contributed by atoms with Crippen molar-refractivity contribution in [1.82, 2.24) is 14.9 Å². The number of aromatic nitrogens is 2. The van der Waals surface area contributed by atoms with Gasteiger partial charge in [0.05, 0.1) is 12.8 Å². The van der Waals surface area contributed by atoms with E-state index in [1.54, 1.807) is 19.4 Å². The summed E-state index contributed by atoms with van der Waals surface area (Å²) in [6.07, 6.45) is 3.99. The van der Waals surface area contributed by atoms with Crippen molar-refractivity contribution in [2.45, 2.75) is 13.0 Å². The number of hydrogen-bond acceptors (Lipinski definition) is 5. The van der Waals surface area contributed by atoms with E-state index < -0.39 is 5.69 Å². The number of nitrogens with zero attached hydrogens (tertiary/aromatic N) is 3. The van der Waals surface area contributed by atoms with Crippen molar-refractivity contribution in [3.63, 3.8) is 0 Å². The summed E-state index contributed by atoms with van der Waals surface area (Å²) in [5.74, 6) is 1.06. The van der Waals surface area contributed by atoms with Crippen LogP contribution in [0.5, 0.6) is 5.75 Å². The van der Waals surface area contributed by atoms with Gasteiger partial charge < -0.3 is 15.0 Å². The summed E-state index contributed by atoms with van der Waals surface area (Å²) in [5, 5.41) is 2.92. The van der Waals surface area contributed by atoms with E-state index in [4.69, 9.17) is 4.74 Å². The van der Waals surface area contributed by atoms with E-state index in [0.29, 0.717) is 12.5 Å². The Labute approximate surface area is 146 Å². The standard InChI is InChI=1S/C18H22N4O3/c1-25-16-6-3-2-5-15(16)21-10-7-14(12-21)11-20-17(23)13-22-9-4-8-19-18(22)24/h2-6,8-9,14H,7,10-13H2,1H3,(H,20,23). The van der Waals surface area contributed by atoms with Crippen molar-refractivity contribution in [1.29, 1.82) is 0 Å². The van der Waals surface area contributed by atoms with E-state index in [-0.39, 0.29) is 12.5 Å². The molecule has 7 nitrogen and oxygen atoms in total. The lowest BCUT2D eigenvalue weighted by Gasteiger charge is -2.21. The van der Waals surface area contributed by atoms with Gasteiger partial charge in [-0.25, -0.2) is 9.78 Å². The molecule has 3 rings (SSSR count). The van der Waals surface area contributed by atoms with E-state index in [1.807, 2.05) is 18.2 Å². The highest BCUT2D eigenvalue weighted by Crippen LogP contribution is 2.31. The van der Waals surface area contributed by atoms with E-state index in [9.17, 15) is 9.59 Å². The smallest absolute Gasteiger partial charge is 0.347 e. The zero-order valence-electron chi connectivity index (χ0n) is 14.2. The maximum absolute atomic E-state index is 12.0. The minimum atomic E-state index is -0.416. The maximum Gasteiger partial charge on any atom is 0.347 e. The van der Waals surface area contributed by atoms with Gasteiger partial charge in [0.25, 0.3) is 0 Å². The Morgan fingerprint density at radius 3 is 3.00 bits per heavy atom. The largest absolute Gasteiger partial charge is 0.495 e. The third-order valence-electron chi connectivity index (χ3n) is 4.40. The lowest BCUT2D eigenvalue weighted by Crippen LogP contribution is -2.36. The van der Waals surface area contributed by atoms with Crippen molar-refractivity contribution in [2.24, 2.45) is 5.92 Å². The zero-order chi connectivity index (χ0) is 17.6. The van der Waals surface area contributed by atoms with Gasteiger partial charge in [0, 0.05) is 32.0 Å². The molecule has 1 fully saturated rings. The molecule has 1 N–H and O–H groups in total. The van der Waals surface area contributed by atoms with E-state index in [1.165, 1.54) is 10.8 Å². The Hall–Kier alpha value is -2.83. The summed E-state index contributed by atoms with van der Waals surface area (Å²) in [4.78, 5) is 29.5. The third kappa shape index (κ3) is 4.17. The van der Waals surface area contributed by atoms with Gasteiger partial charge in [0.2, 0.25) is 5.91 Å². The molecule has 1 aliphatic rings. The monoisotopic (exact) mass is 342 g/mol. The van der Waals surface area contributed by atoms with Crippen LogP contribution in [-0.4, -0.2) is 42.2 Å². The first-order valence-electron chi connectivity index (χ1n) is 8.33. The summed E-state index contributed by atoms with van der Waals surface area (Å²) in [7, 11) is 1.67. The van der Waals surface area contributed by atoms with Gasteiger partial charge in [-0.1, -0.05) is 12.1 Å². The molecule has 0 saturated carbocycles. The Balaban J connectivity index is 1.51. The first-order valence-corrected chi connectivity index (χ1v) is 8.33. The lowest BCUT2D eigenvalue weighted by molar-refractivity contribution is -0.121. The van der Waals surface area contributed by atoms with Crippen LogP contribution in [0.15, 0.2) is 47.5 Å². The highest BCUT2D eigenvalue weighted by Gasteiger charge is 2.24. The van der Waals surface area contributed by atoms with Crippen molar-refractivity contribution in [2.75, 3.05) is 31.6 Å². The molecule has 7 heteroatoms. The van der Waals surface area contributed by atoms with Crippen molar-refractivity contribution < 1.29 is 9.53 Å². The number of amides is 1. The van der Waals surface area contributed by atoms with Crippen LogP contribution in [0, 0.1) is 5.92 Å². The maximum atomic E-state index is 12.0. The third-order valence-corrected chi connectivity index (χ3v) is 4.40. The van der Waals surface area contributed by atoms with Crippen LogP contribution in [0.2, 0.25) is 0 Å². The predicted octanol–water partition coefficient (Wildman–Crippen LogP) is 0.895. The Kier molecular flexibility index (Phi) is 5.33. The van der Waals surface area contributed by atoms with E-state index in [0.717, 1.165) is 30.9 Å². The van der Waals surface area contributed by atoms with Crippen LogP contribution in [0.3, 0.4) is 0 Å². The highest BCUT2D eigenvalue weighted by atomic mass is 16.5. The first-order chi connectivity index (χ1) is 12.2. The summed E-state index contributed by atoms with van der Waals surface area (Å²) < 4.78 is 6.72. The predicted molar refractivity (Wildman–Crippen MR) is 94.8 cm³/mol. The SMILES string of the molecule is COc1ccccc1N1CCC(CNC(=O)Cn2cccnc2=O)C1. The molecule has 0 radical (unpaired) electrons. The van der Waals surface area contributed by atoms with E-state index in [2.05, 4.69) is 21.3 Å². The van der Waals surface area contributed by atoms with Crippen molar-refractivity contribution >= 4 is 11.6 Å². The number of ether oxygens (including phenoxy) is 1. The molecule has 1 amide bonds. The Morgan fingerprint density at radius 1 is 1.36 bits per heavy atom. The number of benzene rings is 1. The average Bonchev–Trinajstić information content (AvgIpc) is 3.11. The molecule has 0 bridgehead atoms. The Morgan fingerprint density at radius 2 is 2.20 bits per heavy atom. The summed E-state index contributed by atoms with van der Waals surface area (Å²) in [6.45, 7) is 2.39. The molecule has 25 heavy (non-hydrogen) atoms. The lowest BCUT2D eigenvalue weighted by atomic mass is 10.1. The van der Waals surface area contributed by atoms with Crippen LogP contribution in [-0.2, 0) is 11.3 Å². The number of rotatable bonds is 6. The molecular formula is C18H22N4O3.